The fraction of sp³-hybridized carbons (Fsp3) is 0.250. The van der Waals surface area contributed by atoms with Crippen molar-refractivity contribution in [3.8, 4) is 0 Å². The third kappa shape index (κ3) is 109. The van der Waals surface area contributed by atoms with Crippen molar-refractivity contribution in [3.05, 3.63) is 42.9 Å². The third-order valence-corrected chi connectivity index (χ3v) is 0.303. The van der Waals surface area contributed by atoms with E-state index in [1.165, 1.54) is 6.08 Å². The van der Waals surface area contributed by atoms with Gasteiger partial charge in [0.1, 0.15) is 0 Å². The second-order valence-electron chi connectivity index (χ2n) is 0.819. The van der Waals surface area contributed by atoms with Crippen LogP contribution in [-0.2, 0) is 21.6 Å². The molecule has 0 aliphatic heterocycles. The zero-order valence-corrected chi connectivity index (χ0v) is 7.73. The molecule has 0 amide bonds. The Morgan fingerprint density at radius 1 is 1.08 bits per heavy atom. The second-order valence-corrected chi connectivity index (χ2v) is 0.819. The van der Waals surface area contributed by atoms with Gasteiger partial charge in [0.05, 0.1) is 5.97 Å². The van der Waals surface area contributed by atoms with Gasteiger partial charge in [-0.15, -0.1) is 0 Å². The molecule has 0 unspecified atom stereocenters. The van der Waals surface area contributed by atoms with Gasteiger partial charge in [0.15, 0.2) is 0 Å². The summed E-state index contributed by atoms with van der Waals surface area (Å²) in [5, 5.41) is 9.40. The number of carboxylic acid groups (broad SMARTS) is 1. The molecule has 80 valence electrons. The van der Waals surface area contributed by atoms with Crippen molar-refractivity contribution in [2.45, 2.75) is 6.92 Å². The van der Waals surface area contributed by atoms with Gasteiger partial charge in [0, 0.05) is 0 Å². The second kappa shape index (κ2) is 46.7. The van der Waals surface area contributed by atoms with Crippen LogP contribution in [0.25, 0.3) is 30.8 Å². The van der Waals surface area contributed by atoms with E-state index in [1.807, 2.05) is 0 Å². The molecule has 0 aliphatic rings. The minimum atomic E-state index is -1.14. The number of aliphatic carboxylic acids is 1. The summed E-state index contributed by atoms with van der Waals surface area (Å²) in [6, 6.07) is 0. The van der Waals surface area contributed by atoms with E-state index in [9.17, 15) is 9.90 Å². The quantitative estimate of drug-likeness (QED) is 0.614. The molecular weight excluding hydrogens is 209 g/mol. The standard InChI is InChI=1S/C4H6O2.Co.5H2N/c1-2-3-4(5)6;;;;;;/h2-3H,1H3,(H,5,6);;5*1H2/q;+3;5*-1/p-1. The van der Waals surface area contributed by atoms with Gasteiger partial charge in [-0.25, -0.2) is 0 Å². The minimum absolute atomic E-state index is 0. The summed E-state index contributed by atoms with van der Waals surface area (Å²) in [5.41, 5.74) is 0. The number of carboxylic acids is 1. The maximum atomic E-state index is 9.40. The van der Waals surface area contributed by atoms with Crippen molar-refractivity contribution in [3.63, 3.8) is 0 Å². The summed E-state index contributed by atoms with van der Waals surface area (Å²) in [4.78, 5) is 9.40. The molecule has 10 N–H and O–H groups in total. The molecule has 0 radical (unpaired) electrons. The van der Waals surface area contributed by atoms with Gasteiger partial charge in [-0.2, -0.15) is 0 Å². The first-order valence-corrected chi connectivity index (χ1v) is 1.61. The molecule has 0 aliphatic carbocycles. The monoisotopic (exact) mass is 224 g/mol. The van der Waals surface area contributed by atoms with Crippen molar-refractivity contribution in [2.75, 3.05) is 0 Å². The molecule has 0 fully saturated rings. The van der Waals surface area contributed by atoms with E-state index >= 15 is 0 Å². The Morgan fingerprint density at radius 3 is 1.33 bits per heavy atom. The first-order chi connectivity index (χ1) is 2.77. The molecule has 12 heavy (non-hydrogen) atoms. The van der Waals surface area contributed by atoms with E-state index in [-0.39, 0.29) is 47.5 Å². The molecule has 0 saturated heterocycles. The van der Waals surface area contributed by atoms with Gasteiger partial charge >= 0.3 is 16.8 Å². The van der Waals surface area contributed by atoms with E-state index in [1.54, 1.807) is 6.92 Å². The summed E-state index contributed by atoms with van der Waals surface area (Å²) in [7, 11) is 0. The van der Waals surface area contributed by atoms with Gasteiger partial charge in [0.2, 0.25) is 0 Å². The average Bonchev–Trinajstić information content (AvgIpc) is 1.35. The number of rotatable bonds is 1. The summed E-state index contributed by atoms with van der Waals surface area (Å²) in [5.74, 6) is -1.14. The zero-order chi connectivity index (χ0) is 4.99. The Bertz CT molecular complexity index is 89.5. The largest absolute Gasteiger partial charge is 3.00 e. The van der Waals surface area contributed by atoms with E-state index in [0.29, 0.717) is 0 Å². The smallest absolute Gasteiger partial charge is 0.693 e. The molecule has 7 nitrogen and oxygen atoms in total. The van der Waals surface area contributed by atoms with Gasteiger partial charge in [0.25, 0.3) is 0 Å². The fourth-order valence-corrected chi connectivity index (χ4v) is 0.136. The number of hydrogen-bond donors (Lipinski definition) is 0. The van der Waals surface area contributed by atoms with Crippen LogP contribution < -0.4 is 5.11 Å². The van der Waals surface area contributed by atoms with E-state index < -0.39 is 5.97 Å². The molecule has 0 aromatic heterocycles. The number of hydrogen-bond acceptors (Lipinski definition) is 2. The maximum Gasteiger partial charge on any atom is 3.00 e. The van der Waals surface area contributed by atoms with Gasteiger partial charge in [-0.3, -0.25) is 0 Å². The molecule has 0 atom stereocenters. The van der Waals surface area contributed by atoms with E-state index in [2.05, 4.69) is 0 Å². The summed E-state index contributed by atoms with van der Waals surface area (Å²) >= 11 is 0. The summed E-state index contributed by atoms with van der Waals surface area (Å²) < 4.78 is 0. The van der Waals surface area contributed by atoms with Gasteiger partial charge < -0.3 is 40.7 Å². The normalized spacial score (nSPS) is 4.75. The van der Waals surface area contributed by atoms with Crippen molar-refractivity contribution < 1.29 is 26.7 Å². The van der Waals surface area contributed by atoms with Crippen LogP contribution in [0.1, 0.15) is 6.92 Å². The Kier molecular flexibility index (Phi) is 243. The van der Waals surface area contributed by atoms with Crippen LogP contribution in [0, 0.1) is 0 Å². The molecule has 0 aromatic carbocycles. The van der Waals surface area contributed by atoms with Crippen LogP contribution in [0.4, 0.5) is 0 Å². The van der Waals surface area contributed by atoms with Crippen LogP contribution in [0.15, 0.2) is 12.2 Å². The molecule has 0 heterocycles. The Labute approximate surface area is 83.1 Å². The molecular formula is C4H15CoN5O2-3. The summed E-state index contributed by atoms with van der Waals surface area (Å²) in [6.45, 7) is 1.62. The predicted molar refractivity (Wildman–Crippen MR) is 46.2 cm³/mol. The maximum absolute atomic E-state index is 9.40. The number of nitrogens with two attached hydrogens (primary N) is 5. The van der Waals surface area contributed by atoms with Crippen LogP contribution >= 0.6 is 0 Å². The fourth-order valence-electron chi connectivity index (χ4n) is 0.136. The Balaban J connectivity index is -0.00000000833. The van der Waals surface area contributed by atoms with Crippen molar-refractivity contribution in [1.82, 2.24) is 0 Å². The molecule has 8 heteroatoms. The topological polar surface area (TPSA) is 208 Å². The van der Waals surface area contributed by atoms with Crippen LogP contribution in [0.5, 0.6) is 0 Å². The third-order valence-electron chi connectivity index (χ3n) is 0.303. The molecule has 0 rings (SSSR count). The molecule has 0 saturated carbocycles. The first-order valence-electron chi connectivity index (χ1n) is 1.61. The Morgan fingerprint density at radius 2 is 1.33 bits per heavy atom. The van der Waals surface area contributed by atoms with Crippen molar-refractivity contribution in [1.29, 1.82) is 0 Å². The van der Waals surface area contributed by atoms with Crippen molar-refractivity contribution in [2.24, 2.45) is 0 Å². The molecule has 0 aromatic rings. The molecule has 0 bridgehead atoms. The SMILES string of the molecule is CC=CC(=O)[O-].[Co+3].[NH2-].[NH2-].[NH2-].[NH2-].[NH2-]. The first kappa shape index (κ1) is 62.4. The predicted octanol–water partition coefficient (Wildman–Crippen LogP) is 2.90. The summed E-state index contributed by atoms with van der Waals surface area (Å²) in [6.07, 6.45) is 2.38. The van der Waals surface area contributed by atoms with Crippen LogP contribution in [0.3, 0.4) is 0 Å². The van der Waals surface area contributed by atoms with E-state index in [0.717, 1.165) is 6.08 Å². The zero-order valence-electron chi connectivity index (χ0n) is 6.69. The van der Waals surface area contributed by atoms with Crippen LogP contribution in [-0.4, -0.2) is 5.97 Å². The van der Waals surface area contributed by atoms with E-state index in [4.69, 9.17) is 0 Å². The molecule has 0 spiro atoms. The van der Waals surface area contributed by atoms with Gasteiger partial charge in [-0.1, -0.05) is 6.08 Å². The number of carbonyl (C=O) groups excluding carboxylic acids is 1. The van der Waals surface area contributed by atoms with Crippen molar-refractivity contribution >= 4 is 5.97 Å². The van der Waals surface area contributed by atoms with Crippen LogP contribution in [0.2, 0.25) is 0 Å². The minimum Gasteiger partial charge on any atom is -0.693 e. The number of allylic oxidation sites excluding steroid dienone is 1. The van der Waals surface area contributed by atoms with Gasteiger partial charge in [-0.05, 0) is 13.0 Å². The average molecular weight is 224 g/mol. The number of carbonyl (C=O) groups is 1. The Hall–Kier alpha value is -0.484.